The first kappa shape index (κ1) is 21.9. The van der Waals surface area contributed by atoms with Gasteiger partial charge < -0.3 is 14.4 Å². The number of hydrazone groups is 1. The number of benzene rings is 2. The van der Waals surface area contributed by atoms with Crippen molar-refractivity contribution in [2.45, 2.75) is 12.8 Å². The van der Waals surface area contributed by atoms with E-state index in [1.54, 1.807) is 48.5 Å². The molecule has 0 bridgehead atoms. The van der Waals surface area contributed by atoms with Crippen LogP contribution in [0.2, 0.25) is 0 Å². The van der Waals surface area contributed by atoms with Crippen molar-refractivity contribution in [2.75, 3.05) is 20.2 Å². The molecule has 172 valence electrons. The monoisotopic (exact) mass is 475 g/mol. The first-order valence-electron chi connectivity index (χ1n) is 10.7. The predicted octanol–water partition coefficient (Wildman–Crippen LogP) is 3.59. The van der Waals surface area contributed by atoms with E-state index in [4.69, 9.17) is 14.9 Å². The van der Waals surface area contributed by atoms with Crippen molar-refractivity contribution in [3.8, 4) is 11.5 Å². The van der Waals surface area contributed by atoms with Crippen LogP contribution in [0.4, 0.5) is 0 Å². The number of methoxy groups -OCH3 is 1. The molecule has 9 nitrogen and oxygen atoms in total. The summed E-state index contributed by atoms with van der Waals surface area (Å²) in [5.41, 5.74) is 1.13. The normalized spacial score (nSPS) is 18.7. The highest BCUT2D eigenvalue weighted by Crippen LogP contribution is 2.33. The molecule has 0 radical (unpaired) electrons. The van der Waals surface area contributed by atoms with Gasteiger partial charge in [-0.15, -0.1) is 5.10 Å². The Balaban J connectivity index is 1.38. The lowest BCUT2D eigenvalue weighted by Gasteiger charge is -2.20. The summed E-state index contributed by atoms with van der Waals surface area (Å²) in [6.45, 7) is 1.83. The lowest BCUT2D eigenvalue weighted by molar-refractivity contribution is -0.114. The lowest BCUT2D eigenvalue weighted by Crippen LogP contribution is -2.35. The minimum atomic E-state index is -0.505. The first-order valence-corrected chi connectivity index (χ1v) is 11.6. The van der Waals surface area contributed by atoms with E-state index in [0.29, 0.717) is 22.0 Å². The first-order chi connectivity index (χ1) is 16.5. The molecule has 0 unspecified atom stereocenters. The molecule has 0 saturated carbocycles. The average Bonchev–Trinajstić information content (AvgIpc) is 3.53. The van der Waals surface area contributed by atoms with Gasteiger partial charge in [-0.2, -0.15) is 10.0 Å². The number of thioether (sulfide) groups is 1. The minimum Gasteiger partial charge on any atom is -0.493 e. The van der Waals surface area contributed by atoms with E-state index in [1.807, 2.05) is 6.07 Å². The number of nitrogens with one attached hydrogen (secondary N) is 1. The van der Waals surface area contributed by atoms with Crippen LogP contribution in [0.5, 0.6) is 11.5 Å². The molecule has 5 rings (SSSR count). The van der Waals surface area contributed by atoms with Gasteiger partial charge in [-0.1, -0.05) is 24.3 Å². The van der Waals surface area contributed by atoms with Crippen LogP contribution in [0.3, 0.4) is 0 Å². The maximum Gasteiger partial charge on any atom is 0.343 e. The van der Waals surface area contributed by atoms with Crippen molar-refractivity contribution in [3.05, 3.63) is 65.2 Å². The van der Waals surface area contributed by atoms with E-state index in [-0.39, 0.29) is 17.2 Å². The Hall–Kier alpha value is -3.92. The third-order valence-corrected chi connectivity index (χ3v) is 6.50. The fraction of sp³-hybridized carbons (Fsp3) is 0.208. The molecule has 3 heterocycles. The number of rotatable bonds is 4. The van der Waals surface area contributed by atoms with Crippen molar-refractivity contribution in [2.24, 2.45) is 10.1 Å². The zero-order valence-corrected chi connectivity index (χ0v) is 19.2. The van der Waals surface area contributed by atoms with E-state index in [0.717, 1.165) is 31.1 Å². The Morgan fingerprint density at radius 3 is 2.59 bits per heavy atom. The third-order valence-electron chi connectivity index (χ3n) is 5.53. The number of likely N-dealkylation sites (tertiary alicyclic amines) is 1. The molecule has 34 heavy (non-hydrogen) atoms. The molecule has 1 amide bonds. The second-order valence-corrected chi connectivity index (χ2v) is 8.70. The smallest absolute Gasteiger partial charge is 0.343 e. The highest BCUT2D eigenvalue weighted by atomic mass is 32.2. The largest absolute Gasteiger partial charge is 0.493 e. The molecule has 2 aromatic rings. The van der Waals surface area contributed by atoms with Gasteiger partial charge in [-0.3, -0.25) is 10.2 Å². The Morgan fingerprint density at radius 2 is 1.85 bits per heavy atom. The fourth-order valence-electron chi connectivity index (χ4n) is 3.78. The molecule has 10 heteroatoms. The summed E-state index contributed by atoms with van der Waals surface area (Å²) in [5, 5.41) is 15.6. The summed E-state index contributed by atoms with van der Waals surface area (Å²) < 4.78 is 10.9. The molecule has 0 aliphatic carbocycles. The fourth-order valence-corrected chi connectivity index (χ4v) is 4.72. The van der Waals surface area contributed by atoms with Gasteiger partial charge in [0.05, 0.1) is 18.2 Å². The summed E-state index contributed by atoms with van der Waals surface area (Å²) in [6.07, 6.45) is 3.77. The van der Waals surface area contributed by atoms with Gasteiger partial charge in [0.2, 0.25) is 5.17 Å². The van der Waals surface area contributed by atoms with Gasteiger partial charge in [0.1, 0.15) is 0 Å². The van der Waals surface area contributed by atoms with Crippen molar-refractivity contribution in [1.82, 2.24) is 9.91 Å². The molecule has 0 spiro atoms. The molecular weight excluding hydrogens is 454 g/mol. The van der Waals surface area contributed by atoms with Gasteiger partial charge in [0.15, 0.2) is 22.5 Å². The molecule has 0 aromatic heterocycles. The van der Waals surface area contributed by atoms with Gasteiger partial charge >= 0.3 is 5.97 Å². The van der Waals surface area contributed by atoms with Gasteiger partial charge in [-0.05, 0) is 60.5 Å². The number of amides is 1. The van der Waals surface area contributed by atoms with Crippen molar-refractivity contribution in [3.63, 3.8) is 0 Å². The number of carbonyl (C=O) groups is 2. The summed E-state index contributed by atoms with van der Waals surface area (Å²) in [6, 6.07) is 13.6. The van der Waals surface area contributed by atoms with Crippen molar-refractivity contribution in [1.29, 1.82) is 5.41 Å². The van der Waals surface area contributed by atoms with Crippen LogP contribution in [0.15, 0.2) is 64.2 Å². The Kier molecular flexibility index (Phi) is 5.89. The van der Waals surface area contributed by atoms with E-state index in [1.165, 1.54) is 23.9 Å². The van der Waals surface area contributed by atoms with Crippen LogP contribution in [0.25, 0.3) is 6.08 Å². The number of nitrogens with zero attached hydrogens (tertiary/aromatic N) is 4. The van der Waals surface area contributed by atoms with E-state index in [9.17, 15) is 9.59 Å². The Bertz CT molecular complexity index is 1270. The molecule has 2 aromatic carbocycles. The van der Waals surface area contributed by atoms with Crippen molar-refractivity contribution < 1.29 is 19.1 Å². The quantitative estimate of drug-likeness (QED) is 0.409. The number of aliphatic imine (C=N–C) groups is 1. The summed E-state index contributed by atoms with van der Waals surface area (Å²) in [4.78, 5) is 31.4. The number of hydrogen-bond acceptors (Lipinski definition) is 8. The second kappa shape index (κ2) is 9.14. The van der Waals surface area contributed by atoms with E-state index in [2.05, 4.69) is 15.0 Å². The molecule has 1 N–H and O–H groups in total. The standard InChI is InChI=1S/C24H21N5O4S/c1-32-19-14-15(9-10-18(19)33-22(31)16-7-3-2-4-8-16)13-17-20(25)29-23(26-21(17)30)34-24(27-29)28-11-5-6-12-28/h2-4,7-10,13-14,25H,5-6,11-12H2,1H3/b17-13-,25-20?. The van der Waals surface area contributed by atoms with Crippen LogP contribution in [-0.2, 0) is 4.79 Å². The molecule has 3 aliphatic rings. The number of carbonyl (C=O) groups excluding carboxylic acids is 2. The zero-order valence-electron chi connectivity index (χ0n) is 18.4. The molecule has 1 saturated heterocycles. The van der Waals surface area contributed by atoms with Crippen LogP contribution < -0.4 is 9.47 Å². The molecule has 3 aliphatic heterocycles. The topological polar surface area (TPSA) is 108 Å². The number of ether oxygens (including phenoxy) is 2. The van der Waals surface area contributed by atoms with Crippen LogP contribution in [0, 0.1) is 5.41 Å². The highest BCUT2D eigenvalue weighted by molar-refractivity contribution is 8.26. The lowest BCUT2D eigenvalue weighted by atomic mass is 10.1. The second-order valence-electron chi connectivity index (χ2n) is 7.76. The Morgan fingerprint density at radius 1 is 1.09 bits per heavy atom. The highest BCUT2D eigenvalue weighted by Gasteiger charge is 2.37. The SMILES string of the molecule is COc1cc(/C=C2/C(=N)N3N=C(N4CCCC4)SC3=NC2=O)ccc1OC(=O)c1ccccc1. The van der Waals surface area contributed by atoms with E-state index < -0.39 is 11.9 Å². The number of esters is 1. The van der Waals surface area contributed by atoms with Crippen molar-refractivity contribution >= 4 is 45.9 Å². The van der Waals surface area contributed by atoms with Gasteiger partial charge in [0.25, 0.3) is 5.91 Å². The van der Waals surface area contributed by atoms with Crippen LogP contribution in [0.1, 0.15) is 28.8 Å². The number of hydrogen-bond donors (Lipinski definition) is 1. The summed E-state index contributed by atoms with van der Waals surface area (Å²) in [5.74, 6) is -0.465. The molecule has 0 atom stereocenters. The molecular formula is C24H21N5O4S. The summed E-state index contributed by atoms with van der Waals surface area (Å²) in [7, 11) is 1.46. The van der Waals surface area contributed by atoms with Crippen LogP contribution >= 0.6 is 11.8 Å². The zero-order chi connectivity index (χ0) is 23.7. The average molecular weight is 476 g/mol. The van der Waals surface area contributed by atoms with Gasteiger partial charge in [0, 0.05) is 13.1 Å². The van der Waals surface area contributed by atoms with E-state index >= 15 is 0 Å². The minimum absolute atomic E-state index is 0.0322. The predicted molar refractivity (Wildman–Crippen MR) is 130 cm³/mol. The number of amidine groups is 3. The third kappa shape index (κ3) is 4.19. The summed E-state index contributed by atoms with van der Waals surface area (Å²) >= 11 is 1.31. The Labute approximate surface area is 200 Å². The maximum absolute atomic E-state index is 12.7. The van der Waals surface area contributed by atoms with Crippen LogP contribution in [-0.4, -0.2) is 58.2 Å². The number of fused-ring (bicyclic) bond motifs is 1. The molecule has 1 fully saturated rings. The maximum atomic E-state index is 12.7. The van der Waals surface area contributed by atoms with Gasteiger partial charge in [-0.25, -0.2) is 4.79 Å².